The minimum Gasteiger partial charge on any atom is -1.00 e. The molecule has 3 rings (SSSR count). The molecule has 0 N–H and O–H groups in total. The average molecular weight is 668 g/mol. The van der Waals surface area contributed by atoms with E-state index in [-0.39, 0.29) is 31.0 Å². The van der Waals surface area contributed by atoms with Crippen LogP contribution in [0.25, 0.3) is 11.6 Å². The molecule has 3 aromatic carbocycles. The number of nitrogens with zero attached hydrogens (tertiary/aromatic N) is 1. The molecule has 36 heavy (non-hydrogen) atoms. The van der Waals surface area contributed by atoms with E-state index in [1.165, 1.54) is 12.1 Å². The van der Waals surface area contributed by atoms with Crippen LogP contribution in [0.4, 0.5) is 13.2 Å². The summed E-state index contributed by atoms with van der Waals surface area (Å²) in [6, 6.07) is 20.7. The Hall–Kier alpha value is -0.456. The monoisotopic (exact) mass is 665 g/mol. The number of hydrogen-bond donors (Lipinski definition) is 0. The third-order valence-corrected chi connectivity index (χ3v) is 14.3. The van der Waals surface area contributed by atoms with E-state index >= 15 is 0 Å². The van der Waals surface area contributed by atoms with Gasteiger partial charge in [0.1, 0.15) is 8.24 Å². The molecular weight excluding hydrogens is 634 g/mol. The number of alkyl halides is 3. The first-order chi connectivity index (χ1) is 16.2. The first-order valence-electron chi connectivity index (χ1n) is 11.3. The molecule has 0 radical (unpaired) electrons. The van der Waals surface area contributed by atoms with Gasteiger partial charge in [-0.15, -0.1) is 0 Å². The molecule has 0 saturated heterocycles. The zero-order chi connectivity index (χ0) is 26.4. The molecule has 0 aliphatic rings. The molecule has 0 spiro atoms. The predicted octanol–water partition coefficient (Wildman–Crippen LogP) is 6.67. The fourth-order valence-electron chi connectivity index (χ4n) is 3.30. The van der Waals surface area contributed by atoms with E-state index in [1.807, 2.05) is 54.6 Å². The molecule has 9 heteroatoms. The van der Waals surface area contributed by atoms with Gasteiger partial charge in [0, 0.05) is 8.95 Å². The van der Waals surface area contributed by atoms with Crippen LogP contribution in [-0.2, 0) is 6.18 Å². The molecule has 190 valence electrons. The summed E-state index contributed by atoms with van der Waals surface area (Å²) in [6.45, 7) is 12.0. The molecule has 0 amide bonds. The third-order valence-electron chi connectivity index (χ3n) is 5.69. The normalized spacial score (nSPS) is 12.2. The van der Waals surface area contributed by atoms with Crippen LogP contribution >= 0.6 is 31.9 Å². The van der Waals surface area contributed by atoms with Crippen LogP contribution < -0.4 is 29.6 Å². The molecule has 0 aromatic heterocycles. The van der Waals surface area contributed by atoms with Crippen molar-refractivity contribution in [3.8, 4) is 0 Å². The van der Waals surface area contributed by atoms with Gasteiger partial charge in [0.05, 0.1) is 14.5 Å². The number of hydrogen-bond acceptors (Lipinski definition) is 1. The second-order valence-electron chi connectivity index (χ2n) is 9.57. The van der Waals surface area contributed by atoms with E-state index in [2.05, 4.69) is 75.9 Å². The Kier molecular flexibility index (Phi) is 13.6. The van der Waals surface area contributed by atoms with Crippen molar-refractivity contribution in [2.45, 2.75) is 38.9 Å². The first kappa shape index (κ1) is 33.6. The summed E-state index contributed by atoms with van der Waals surface area (Å²) < 4.78 is 43.1. The Balaban J connectivity index is 0.00000102. The fraction of sp³-hybridized carbons (Fsp3) is 0.259. The van der Waals surface area contributed by atoms with E-state index in [9.17, 15) is 13.2 Å². The molecule has 0 saturated carbocycles. The maximum Gasteiger partial charge on any atom is 1.00 e. The van der Waals surface area contributed by atoms with E-state index in [0.717, 1.165) is 43.3 Å². The van der Waals surface area contributed by atoms with Gasteiger partial charge in [0.2, 0.25) is 0 Å². The summed E-state index contributed by atoms with van der Waals surface area (Å²) in [4.78, 5) is 0. The second-order valence-corrected chi connectivity index (χ2v) is 19.9. The Labute approximate surface area is 257 Å². The summed E-state index contributed by atoms with van der Waals surface area (Å²) in [6.07, 6.45) is -2.37. The maximum absolute atomic E-state index is 12.8. The average Bonchev–Trinajstić information content (AvgIpc) is 2.78. The van der Waals surface area contributed by atoms with Crippen molar-refractivity contribution in [1.82, 2.24) is 4.23 Å². The summed E-state index contributed by atoms with van der Waals surface area (Å²) in [5.74, 6) is 0. The number of halogens is 5. The van der Waals surface area contributed by atoms with Gasteiger partial charge >= 0.3 is 35.7 Å². The number of rotatable bonds is 5. The van der Waals surface area contributed by atoms with Gasteiger partial charge in [-0.05, 0) is 71.8 Å². The molecule has 0 heterocycles. The van der Waals surface area contributed by atoms with E-state index in [1.54, 1.807) is 0 Å². The zero-order valence-electron chi connectivity index (χ0n) is 22.9. The van der Waals surface area contributed by atoms with Crippen molar-refractivity contribution in [2.75, 3.05) is 7.05 Å². The van der Waals surface area contributed by atoms with E-state index in [4.69, 9.17) is 0 Å². The predicted molar refractivity (Wildman–Crippen MR) is 158 cm³/mol. The Morgan fingerprint density at radius 3 is 1.53 bits per heavy atom. The van der Waals surface area contributed by atoms with Crippen LogP contribution in [0.15, 0.2) is 81.7 Å². The molecule has 0 unspecified atom stereocenters. The quantitative estimate of drug-likeness (QED) is 0.217. The maximum atomic E-state index is 12.8. The molecule has 0 aliphatic heterocycles. The van der Waals surface area contributed by atoms with Gasteiger partial charge in [-0.1, -0.05) is 101 Å². The molecule has 0 bridgehead atoms. The number of benzene rings is 3. The van der Waals surface area contributed by atoms with Gasteiger partial charge in [0.15, 0.2) is 0 Å². The van der Waals surface area contributed by atoms with Crippen LogP contribution in [0.1, 0.15) is 23.7 Å². The van der Waals surface area contributed by atoms with Gasteiger partial charge in [-0.25, -0.2) is 0 Å². The van der Waals surface area contributed by atoms with E-state index in [0.29, 0.717) is 0 Å². The van der Waals surface area contributed by atoms with Crippen molar-refractivity contribution in [2.24, 2.45) is 0 Å². The SMILES string of the molecule is CN([SiH](C)C)[Si](C)(C)C.FC(F)(F)c1ccc(C(=Cc2ccc(Br)cc2)c2ccc(Br)cc2)cc1.[H-].[Na+]. The van der Waals surface area contributed by atoms with Crippen LogP contribution in [-0.4, -0.2) is 28.5 Å². The zero-order valence-corrected chi connectivity index (χ0v) is 29.2. The van der Waals surface area contributed by atoms with Crippen LogP contribution in [0.3, 0.4) is 0 Å². The topological polar surface area (TPSA) is 3.24 Å². The van der Waals surface area contributed by atoms with E-state index < -0.39 is 28.9 Å². The molecule has 1 nitrogen and oxygen atoms in total. The van der Waals surface area contributed by atoms with Gasteiger partial charge in [0.25, 0.3) is 0 Å². The second kappa shape index (κ2) is 14.6. The standard InChI is InChI=1S/C21H13Br2F3.C6H19NSi2.Na.H/c22-18-9-1-14(2-10-18)13-20(16-5-11-19(23)12-6-16)15-3-7-17(8-4-15)21(24,25)26;1-7(8(2)3)9(4,5)6;;/h1-13H;8H,1-6H3;;/q;;+1;-1. The smallest absolute Gasteiger partial charge is 1.00 e. The molecular formula is C27H33Br2F3NNaSi2. The summed E-state index contributed by atoms with van der Waals surface area (Å²) >= 11 is 6.81. The Bertz CT molecular complexity index is 1120. The third kappa shape index (κ3) is 10.7. The summed E-state index contributed by atoms with van der Waals surface area (Å²) in [7, 11) is 0.858. The first-order valence-corrected chi connectivity index (χ1v) is 19.2. The Morgan fingerprint density at radius 2 is 1.19 bits per heavy atom. The van der Waals surface area contributed by atoms with Gasteiger partial charge in [-0.2, -0.15) is 13.2 Å². The Morgan fingerprint density at radius 1 is 0.806 bits per heavy atom. The van der Waals surface area contributed by atoms with Crippen LogP contribution in [0.5, 0.6) is 0 Å². The summed E-state index contributed by atoms with van der Waals surface area (Å²) in [5.41, 5.74) is 2.82. The molecule has 0 atom stereocenters. The van der Waals surface area contributed by atoms with Crippen molar-refractivity contribution in [1.29, 1.82) is 0 Å². The van der Waals surface area contributed by atoms with Crippen LogP contribution in [0.2, 0.25) is 32.7 Å². The van der Waals surface area contributed by atoms with Crippen molar-refractivity contribution in [3.05, 3.63) is 104 Å². The largest absolute Gasteiger partial charge is 1.00 e. The molecule has 0 aliphatic carbocycles. The molecule has 3 aromatic rings. The van der Waals surface area contributed by atoms with Crippen molar-refractivity contribution in [3.63, 3.8) is 0 Å². The van der Waals surface area contributed by atoms with Crippen molar-refractivity contribution >= 4 is 60.7 Å². The van der Waals surface area contributed by atoms with Gasteiger partial charge in [-0.3, -0.25) is 0 Å². The molecule has 0 fully saturated rings. The minimum atomic E-state index is -4.34. The van der Waals surface area contributed by atoms with Crippen LogP contribution in [0, 0.1) is 0 Å². The summed E-state index contributed by atoms with van der Waals surface area (Å²) in [5, 5.41) is 0. The van der Waals surface area contributed by atoms with Crippen molar-refractivity contribution < 1.29 is 44.2 Å². The minimum absolute atomic E-state index is 0. The van der Waals surface area contributed by atoms with Gasteiger partial charge < -0.3 is 5.66 Å². The fourth-order valence-corrected chi connectivity index (χ4v) is 10.0.